The Morgan fingerprint density at radius 3 is 1.50 bits per heavy atom. The Balaban J connectivity index is -0.00000364. The minimum atomic E-state index is -0.518. The Kier molecular flexibility index (Phi) is 23.9. The van der Waals surface area contributed by atoms with E-state index in [-0.39, 0.29) is 24.8 Å². The molecule has 2 atom stereocenters. The first-order chi connectivity index (χ1) is 13.4. The number of likely N-dealkylation sites (N-methyl/N-ethyl adjacent to an activating group) is 1. The number of alkyl carbamates (subject to hydrolysis) is 2. The fourth-order valence-corrected chi connectivity index (χ4v) is 2.72. The second-order valence-corrected chi connectivity index (χ2v) is 6.83. The van der Waals surface area contributed by atoms with Gasteiger partial charge in [0.2, 0.25) is 0 Å². The van der Waals surface area contributed by atoms with Crippen molar-refractivity contribution in [3.8, 4) is 0 Å². The van der Waals surface area contributed by atoms with Crippen LogP contribution in [-0.2, 0) is 9.47 Å². The highest BCUT2D eigenvalue weighted by Crippen LogP contribution is 2.10. The topological polar surface area (TPSA) is 83.1 Å². The van der Waals surface area contributed by atoms with E-state index in [9.17, 15) is 9.59 Å². The van der Waals surface area contributed by atoms with E-state index in [4.69, 9.17) is 9.47 Å². The number of hydrogen-bond acceptors (Lipinski definition) is 6. The molecule has 0 spiro atoms. The lowest BCUT2D eigenvalue weighted by Gasteiger charge is -2.34. The normalized spacial score (nSPS) is 12.4. The summed E-state index contributed by atoms with van der Waals surface area (Å²) in [5.74, 6) is 0. The molecule has 0 saturated carbocycles. The summed E-state index contributed by atoms with van der Waals surface area (Å²) in [4.78, 5) is 28.2. The molecule has 0 aromatic carbocycles. The Bertz CT molecular complexity index is 400. The molecule has 0 radical (unpaired) electrons. The molecule has 8 nitrogen and oxygen atoms in total. The minimum Gasteiger partial charge on any atom is -0.430 e. The summed E-state index contributed by atoms with van der Waals surface area (Å²) in [5, 5.41) is 5.50. The van der Waals surface area contributed by atoms with E-state index < -0.39 is 24.6 Å². The van der Waals surface area contributed by atoms with Gasteiger partial charge in [-0.25, -0.2) is 14.5 Å². The Morgan fingerprint density at radius 2 is 1.17 bits per heavy atom. The lowest BCUT2D eigenvalue weighted by atomic mass is 10.3. The molecule has 0 rings (SSSR count). The number of carbonyl (C=O) groups excluding carboxylic acids is 2. The molecule has 0 heterocycles. The van der Waals surface area contributed by atoms with E-state index in [1.54, 1.807) is 13.8 Å². The van der Waals surface area contributed by atoms with Crippen molar-refractivity contribution in [2.45, 2.75) is 79.7 Å². The number of carbonyl (C=O) groups is 2. The zero-order valence-corrected chi connectivity index (χ0v) is 21.2. The molecular formula is C20H44Cl2N4O4. The van der Waals surface area contributed by atoms with Crippen molar-refractivity contribution in [2.75, 3.05) is 39.3 Å². The van der Waals surface area contributed by atoms with Crippen molar-refractivity contribution in [1.82, 2.24) is 20.4 Å². The maximum Gasteiger partial charge on any atom is 0.408 e. The zero-order chi connectivity index (χ0) is 21.4. The molecule has 0 aliphatic heterocycles. The van der Waals surface area contributed by atoms with Crippen molar-refractivity contribution in [3.63, 3.8) is 0 Å². The third-order valence-corrected chi connectivity index (χ3v) is 4.66. The molecule has 0 aliphatic rings. The number of unbranched alkanes of at least 4 members (excludes halogenated alkanes) is 2. The summed E-state index contributed by atoms with van der Waals surface area (Å²) in [6.45, 7) is 16.4. The maximum absolute atomic E-state index is 12.0. The molecule has 0 aromatic heterocycles. The summed E-state index contributed by atoms with van der Waals surface area (Å²) in [6.07, 6.45) is 1.89. The zero-order valence-electron chi connectivity index (χ0n) is 19.6. The average Bonchev–Trinajstić information content (AvgIpc) is 2.65. The number of ether oxygens (including phenoxy) is 2. The first kappa shape index (κ1) is 33.7. The van der Waals surface area contributed by atoms with E-state index in [1.165, 1.54) is 0 Å². The standard InChI is InChI=1S/C20H42N4O4.2ClH/c1-7-11-13-21-19(25)27-17(5)24(16-15-23(9-3)10-4)18(6)28-20(26)22-14-12-8-2;;/h17-18H,7-16H2,1-6H3,(H,21,25)(H,22,26);2*1H. The number of nitrogens with zero attached hydrogens (tertiary/aromatic N) is 2. The van der Waals surface area contributed by atoms with E-state index in [0.717, 1.165) is 45.3 Å². The van der Waals surface area contributed by atoms with Crippen molar-refractivity contribution in [3.05, 3.63) is 0 Å². The van der Waals surface area contributed by atoms with Crippen LogP contribution in [0.5, 0.6) is 0 Å². The van der Waals surface area contributed by atoms with Crippen LogP contribution in [-0.4, -0.2) is 73.7 Å². The van der Waals surface area contributed by atoms with E-state index in [2.05, 4.69) is 43.2 Å². The molecule has 2 amide bonds. The van der Waals surface area contributed by atoms with Crippen LogP contribution in [0.3, 0.4) is 0 Å². The van der Waals surface area contributed by atoms with E-state index >= 15 is 0 Å². The number of hydrogen-bond donors (Lipinski definition) is 2. The average molecular weight is 476 g/mol. The first-order valence-electron chi connectivity index (χ1n) is 10.8. The molecule has 2 N–H and O–H groups in total. The number of amides is 2. The van der Waals surface area contributed by atoms with E-state index in [1.807, 2.05) is 4.90 Å². The van der Waals surface area contributed by atoms with Gasteiger partial charge in [-0.05, 0) is 39.8 Å². The SMILES string of the molecule is CCCCNC(=O)OC(C)N(CCN(CC)CC)C(C)OC(=O)NCCCC.Cl.Cl. The molecule has 0 saturated heterocycles. The highest BCUT2D eigenvalue weighted by molar-refractivity contribution is 5.85. The monoisotopic (exact) mass is 474 g/mol. The highest BCUT2D eigenvalue weighted by atomic mass is 35.5. The van der Waals surface area contributed by atoms with Gasteiger partial charge in [0.05, 0.1) is 0 Å². The van der Waals surface area contributed by atoms with Crippen LogP contribution < -0.4 is 10.6 Å². The van der Waals surface area contributed by atoms with Crippen LogP contribution in [0.15, 0.2) is 0 Å². The van der Waals surface area contributed by atoms with Gasteiger partial charge in [0.25, 0.3) is 0 Å². The Morgan fingerprint density at radius 1 is 0.767 bits per heavy atom. The van der Waals surface area contributed by atoms with Crippen LogP contribution in [0.2, 0.25) is 0 Å². The summed E-state index contributed by atoms with van der Waals surface area (Å²) in [6, 6.07) is 0. The molecule has 2 unspecified atom stereocenters. The lowest BCUT2D eigenvalue weighted by molar-refractivity contribution is -0.0938. The third-order valence-electron chi connectivity index (χ3n) is 4.66. The van der Waals surface area contributed by atoms with Gasteiger partial charge in [-0.2, -0.15) is 0 Å². The van der Waals surface area contributed by atoms with Gasteiger partial charge in [0, 0.05) is 26.2 Å². The summed E-state index contributed by atoms with van der Waals surface area (Å²) < 4.78 is 11.0. The molecule has 0 fully saturated rings. The summed E-state index contributed by atoms with van der Waals surface area (Å²) in [5.41, 5.74) is 0. The summed E-state index contributed by atoms with van der Waals surface area (Å²) >= 11 is 0. The fourth-order valence-electron chi connectivity index (χ4n) is 2.72. The second kappa shape index (κ2) is 21.3. The van der Waals surface area contributed by atoms with Crippen molar-refractivity contribution >= 4 is 37.0 Å². The molecule has 182 valence electrons. The predicted octanol–water partition coefficient (Wildman–Crippen LogP) is 4.22. The Labute approximate surface area is 195 Å². The van der Waals surface area contributed by atoms with Crippen molar-refractivity contribution < 1.29 is 19.1 Å². The van der Waals surface area contributed by atoms with Crippen LogP contribution in [0, 0.1) is 0 Å². The van der Waals surface area contributed by atoms with E-state index in [0.29, 0.717) is 19.6 Å². The molecular weight excluding hydrogens is 431 g/mol. The largest absolute Gasteiger partial charge is 0.430 e. The van der Waals surface area contributed by atoms with Gasteiger partial charge in [-0.15, -0.1) is 24.8 Å². The van der Waals surface area contributed by atoms with Crippen LogP contribution in [0.4, 0.5) is 9.59 Å². The van der Waals surface area contributed by atoms with Crippen LogP contribution >= 0.6 is 24.8 Å². The molecule has 0 bridgehead atoms. The lowest BCUT2D eigenvalue weighted by Crippen LogP contribution is -2.49. The quantitative estimate of drug-likeness (QED) is 0.273. The van der Waals surface area contributed by atoms with Gasteiger partial charge in [-0.3, -0.25) is 0 Å². The second-order valence-electron chi connectivity index (χ2n) is 6.83. The van der Waals surface area contributed by atoms with Crippen molar-refractivity contribution in [1.29, 1.82) is 0 Å². The fraction of sp³-hybridized carbons (Fsp3) is 0.900. The van der Waals surface area contributed by atoms with Gasteiger partial charge >= 0.3 is 12.2 Å². The first-order valence-corrected chi connectivity index (χ1v) is 10.8. The van der Waals surface area contributed by atoms with Gasteiger partial charge < -0.3 is 25.0 Å². The summed E-state index contributed by atoms with van der Waals surface area (Å²) in [7, 11) is 0. The molecule has 10 heteroatoms. The molecule has 0 aliphatic carbocycles. The number of rotatable bonds is 15. The van der Waals surface area contributed by atoms with Gasteiger partial charge in [0.15, 0.2) is 12.5 Å². The molecule has 0 aromatic rings. The number of halogens is 2. The van der Waals surface area contributed by atoms with Crippen molar-refractivity contribution in [2.24, 2.45) is 0 Å². The Hall–Kier alpha value is -0.960. The van der Waals surface area contributed by atoms with Crippen LogP contribution in [0.1, 0.15) is 67.2 Å². The predicted molar refractivity (Wildman–Crippen MR) is 127 cm³/mol. The number of nitrogens with one attached hydrogen (secondary N) is 2. The van der Waals surface area contributed by atoms with Crippen LogP contribution in [0.25, 0.3) is 0 Å². The smallest absolute Gasteiger partial charge is 0.408 e. The highest BCUT2D eigenvalue weighted by Gasteiger charge is 2.26. The van der Waals surface area contributed by atoms with Gasteiger partial charge in [0.1, 0.15) is 0 Å². The third kappa shape index (κ3) is 15.8. The minimum absolute atomic E-state index is 0. The van der Waals surface area contributed by atoms with Gasteiger partial charge in [-0.1, -0.05) is 40.5 Å². The maximum atomic E-state index is 12.0. The molecule has 30 heavy (non-hydrogen) atoms.